The molecular weight excluding hydrogens is 210 g/mol. The number of hydrogen-bond acceptors (Lipinski definition) is 4. The summed E-state index contributed by atoms with van der Waals surface area (Å²) in [6, 6.07) is -0.730. The minimum absolute atomic E-state index is 0.246. The van der Waals surface area contributed by atoms with Gasteiger partial charge in [0.2, 0.25) is 5.96 Å². The fourth-order valence-corrected chi connectivity index (χ4v) is 0.846. The Balaban J connectivity index is 2.59. The van der Waals surface area contributed by atoms with Crippen LogP contribution in [0, 0.1) is 5.41 Å². The molecule has 0 aliphatic heterocycles. The van der Waals surface area contributed by atoms with E-state index in [1.807, 2.05) is 0 Å². The summed E-state index contributed by atoms with van der Waals surface area (Å²) in [6.45, 7) is 0. The Morgan fingerprint density at radius 1 is 1.06 bits per heavy atom. The van der Waals surface area contributed by atoms with Crippen LogP contribution < -0.4 is 22.3 Å². The van der Waals surface area contributed by atoms with Gasteiger partial charge in [-0.15, -0.1) is 0 Å². The average molecular weight is 221 g/mol. The van der Waals surface area contributed by atoms with Crippen molar-refractivity contribution in [2.75, 3.05) is 0 Å². The summed E-state index contributed by atoms with van der Waals surface area (Å²) in [6.07, 6.45) is 6.52. The number of hydrazone groups is 2. The van der Waals surface area contributed by atoms with Crippen molar-refractivity contribution in [3.05, 3.63) is 24.3 Å². The van der Waals surface area contributed by atoms with Crippen molar-refractivity contribution in [1.82, 2.24) is 10.9 Å². The van der Waals surface area contributed by atoms with E-state index in [2.05, 4.69) is 21.1 Å². The Kier molecular flexibility index (Phi) is 3.78. The molecule has 0 bridgehead atoms. The third-order valence-electron chi connectivity index (χ3n) is 1.45. The molecule has 1 aliphatic carbocycles. The number of nitrogens with two attached hydrogens (primary N) is 2. The lowest BCUT2D eigenvalue weighted by atomic mass is 10.1. The molecule has 2 amide bonds. The molecule has 1 aliphatic rings. The van der Waals surface area contributed by atoms with Crippen LogP contribution in [0.1, 0.15) is 0 Å². The molecule has 0 fully saturated rings. The van der Waals surface area contributed by atoms with E-state index in [-0.39, 0.29) is 5.96 Å². The molecule has 8 nitrogen and oxygen atoms in total. The lowest BCUT2D eigenvalue weighted by Gasteiger charge is -2.02. The van der Waals surface area contributed by atoms with E-state index < -0.39 is 6.03 Å². The van der Waals surface area contributed by atoms with Gasteiger partial charge in [-0.25, -0.2) is 15.6 Å². The quantitative estimate of drug-likeness (QED) is 0.176. The number of carbonyl (C=O) groups excluding carboxylic acids is 1. The summed E-state index contributed by atoms with van der Waals surface area (Å²) < 4.78 is 0. The topological polar surface area (TPSA) is 142 Å². The molecular formula is C8H11N7O. The van der Waals surface area contributed by atoms with Crippen molar-refractivity contribution in [2.24, 2.45) is 21.7 Å². The molecule has 0 spiro atoms. The van der Waals surface area contributed by atoms with Crippen molar-refractivity contribution in [2.45, 2.75) is 0 Å². The van der Waals surface area contributed by atoms with Crippen LogP contribution in [0.5, 0.6) is 0 Å². The number of nitrogens with zero attached hydrogens (tertiary/aromatic N) is 2. The fraction of sp³-hybridized carbons (Fsp3) is 0. The fourth-order valence-electron chi connectivity index (χ4n) is 0.846. The minimum Gasteiger partial charge on any atom is -0.369 e. The van der Waals surface area contributed by atoms with Gasteiger partial charge < -0.3 is 11.5 Å². The van der Waals surface area contributed by atoms with Crippen LogP contribution >= 0.6 is 0 Å². The summed E-state index contributed by atoms with van der Waals surface area (Å²) in [5, 5.41) is 14.4. The second-order valence-electron chi connectivity index (χ2n) is 2.74. The third kappa shape index (κ3) is 4.05. The summed E-state index contributed by atoms with van der Waals surface area (Å²) >= 11 is 0. The smallest absolute Gasteiger partial charge is 0.332 e. The number of allylic oxidation sites excluding steroid dienone is 4. The number of amides is 2. The molecule has 0 unspecified atom stereocenters. The number of hydrogen-bond donors (Lipinski definition) is 5. The number of rotatable bonds is 2. The molecule has 0 aromatic heterocycles. The predicted molar refractivity (Wildman–Crippen MR) is 60.9 cm³/mol. The first-order chi connectivity index (χ1) is 7.58. The molecule has 0 heterocycles. The highest BCUT2D eigenvalue weighted by Gasteiger charge is 1.99. The lowest BCUT2D eigenvalue weighted by molar-refractivity contribution is 0.249. The summed E-state index contributed by atoms with van der Waals surface area (Å²) in [5.41, 5.74) is 15.4. The molecule has 7 N–H and O–H groups in total. The molecule has 8 heteroatoms. The number of nitrogens with one attached hydrogen (secondary N) is 3. The Hall–Kier alpha value is -2.64. The largest absolute Gasteiger partial charge is 0.369 e. The van der Waals surface area contributed by atoms with Crippen molar-refractivity contribution in [3.63, 3.8) is 0 Å². The van der Waals surface area contributed by atoms with Gasteiger partial charge in [-0.1, -0.05) is 0 Å². The Morgan fingerprint density at radius 3 is 1.88 bits per heavy atom. The van der Waals surface area contributed by atoms with Crippen molar-refractivity contribution in [3.8, 4) is 0 Å². The second kappa shape index (κ2) is 5.29. The predicted octanol–water partition coefficient (Wildman–Crippen LogP) is -1.02. The van der Waals surface area contributed by atoms with Crippen LogP contribution in [-0.4, -0.2) is 23.4 Å². The molecule has 0 saturated carbocycles. The first-order valence-corrected chi connectivity index (χ1v) is 4.25. The number of primary amides is 1. The summed E-state index contributed by atoms with van der Waals surface area (Å²) in [7, 11) is 0. The maximum absolute atomic E-state index is 10.4. The van der Waals surface area contributed by atoms with Gasteiger partial charge in [0.05, 0.1) is 11.4 Å². The second-order valence-corrected chi connectivity index (χ2v) is 2.74. The van der Waals surface area contributed by atoms with E-state index in [1.54, 1.807) is 24.3 Å². The van der Waals surface area contributed by atoms with Crippen molar-refractivity contribution >= 4 is 23.4 Å². The summed E-state index contributed by atoms with van der Waals surface area (Å²) in [5.74, 6) is -0.246. The average Bonchev–Trinajstić information content (AvgIpc) is 2.25. The van der Waals surface area contributed by atoms with Gasteiger partial charge in [0, 0.05) is 0 Å². The van der Waals surface area contributed by atoms with Crippen LogP contribution in [0.3, 0.4) is 0 Å². The van der Waals surface area contributed by atoms with Gasteiger partial charge in [0.15, 0.2) is 0 Å². The van der Waals surface area contributed by atoms with Gasteiger partial charge in [0.25, 0.3) is 0 Å². The zero-order valence-electron chi connectivity index (χ0n) is 8.27. The maximum atomic E-state index is 10.4. The third-order valence-corrected chi connectivity index (χ3v) is 1.45. The van der Waals surface area contributed by atoms with Crippen molar-refractivity contribution in [1.29, 1.82) is 5.41 Å². The van der Waals surface area contributed by atoms with Gasteiger partial charge in [-0.05, 0) is 24.3 Å². The van der Waals surface area contributed by atoms with E-state index in [0.717, 1.165) is 0 Å². The highest BCUT2D eigenvalue weighted by Crippen LogP contribution is 1.96. The van der Waals surface area contributed by atoms with Gasteiger partial charge in [0.1, 0.15) is 0 Å². The van der Waals surface area contributed by atoms with Gasteiger partial charge >= 0.3 is 6.03 Å². The number of urea groups is 1. The van der Waals surface area contributed by atoms with Gasteiger partial charge in [-0.2, -0.15) is 10.2 Å². The number of guanidine groups is 1. The lowest BCUT2D eigenvalue weighted by Crippen LogP contribution is -2.27. The normalized spacial score (nSPS) is 13.2. The van der Waals surface area contributed by atoms with Crippen LogP contribution in [-0.2, 0) is 0 Å². The molecule has 0 saturated heterocycles. The molecule has 0 aromatic carbocycles. The van der Waals surface area contributed by atoms with Gasteiger partial charge in [-0.3, -0.25) is 5.41 Å². The molecule has 0 atom stereocenters. The standard InChI is InChI=1S/C8H11N7O/c9-7(10)14-12-5-1-3-6(4-2-5)13-15-8(11)16/h1-4H,(H4,9,10,14)(H3,11,15,16). The molecule has 0 radical (unpaired) electrons. The Morgan fingerprint density at radius 2 is 1.50 bits per heavy atom. The first-order valence-electron chi connectivity index (χ1n) is 4.25. The van der Waals surface area contributed by atoms with Crippen LogP contribution in [0.15, 0.2) is 34.5 Å². The SMILES string of the molecule is N=C(N)NN=C1C=CC(=NNC(N)=O)C=C1. The van der Waals surface area contributed by atoms with E-state index in [9.17, 15) is 4.79 Å². The molecule has 0 aromatic rings. The highest BCUT2D eigenvalue weighted by molar-refractivity contribution is 6.18. The van der Waals surface area contributed by atoms with E-state index in [0.29, 0.717) is 11.4 Å². The minimum atomic E-state index is -0.730. The van der Waals surface area contributed by atoms with Crippen LogP contribution in [0.4, 0.5) is 4.79 Å². The van der Waals surface area contributed by atoms with E-state index >= 15 is 0 Å². The van der Waals surface area contributed by atoms with Crippen LogP contribution in [0.2, 0.25) is 0 Å². The highest BCUT2D eigenvalue weighted by atomic mass is 16.2. The Bertz CT molecular complexity index is 362. The first kappa shape index (κ1) is 11.4. The van der Waals surface area contributed by atoms with Crippen molar-refractivity contribution < 1.29 is 4.79 Å². The zero-order chi connectivity index (χ0) is 12.0. The molecule has 16 heavy (non-hydrogen) atoms. The van der Waals surface area contributed by atoms with Crippen LogP contribution in [0.25, 0.3) is 0 Å². The Labute approximate surface area is 91.3 Å². The zero-order valence-corrected chi connectivity index (χ0v) is 8.27. The number of carbonyl (C=O) groups is 1. The maximum Gasteiger partial charge on any atom is 0.332 e. The van der Waals surface area contributed by atoms with E-state index in [4.69, 9.17) is 16.9 Å². The molecule has 1 rings (SSSR count). The monoisotopic (exact) mass is 221 g/mol. The summed E-state index contributed by atoms with van der Waals surface area (Å²) in [4.78, 5) is 10.4. The van der Waals surface area contributed by atoms with E-state index in [1.165, 1.54) is 0 Å². The molecule has 84 valence electrons.